The second kappa shape index (κ2) is 6.13. The molecule has 2 fully saturated rings. The molecule has 0 bridgehead atoms. The summed E-state index contributed by atoms with van der Waals surface area (Å²) in [6.07, 6.45) is 9.59. The van der Waals surface area contributed by atoms with Crippen LogP contribution >= 0.6 is 0 Å². The number of hydrogen-bond donors (Lipinski definition) is 1. The predicted molar refractivity (Wildman–Crippen MR) is 83.1 cm³/mol. The van der Waals surface area contributed by atoms with E-state index in [9.17, 15) is 0 Å². The van der Waals surface area contributed by atoms with Crippen LogP contribution in [0.4, 0.5) is 0 Å². The predicted octanol–water partition coefficient (Wildman–Crippen LogP) is 3.65. The Morgan fingerprint density at radius 3 is 2.32 bits per heavy atom. The van der Waals surface area contributed by atoms with Crippen LogP contribution in [-0.4, -0.2) is 30.1 Å². The smallest absolute Gasteiger partial charge is 0.0357 e. The SMILES string of the molecule is CC1CCCC(N(C)C2(CN)CCC(C)CC2C)C1. The zero-order valence-corrected chi connectivity index (χ0v) is 13.5. The van der Waals surface area contributed by atoms with Gasteiger partial charge in [0.15, 0.2) is 0 Å². The van der Waals surface area contributed by atoms with E-state index in [0.29, 0.717) is 0 Å². The van der Waals surface area contributed by atoms with Crippen molar-refractivity contribution in [3.05, 3.63) is 0 Å². The van der Waals surface area contributed by atoms with Gasteiger partial charge < -0.3 is 5.73 Å². The molecule has 2 aliphatic rings. The van der Waals surface area contributed by atoms with Crippen molar-refractivity contribution in [2.24, 2.45) is 23.5 Å². The lowest BCUT2D eigenvalue weighted by Crippen LogP contribution is -2.61. The molecule has 0 radical (unpaired) electrons. The van der Waals surface area contributed by atoms with Gasteiger partial charge in [-0.05, 0) is 56.9 Å². The molecule has 2 N–H and O–H groups in total. The molecule has 0 saturated heterocycles. The lowest BCUT2D eigenvalue weighted by Gasteiger charge is -2.53. The molecule has 2 saturated carbocycles. The van der Waals surface area contributed by atoms with Crippen molar-refractivity contribution in [3.8, 4) is 0 Å². The minimum Gasteiger partial charge on any atom is -0.329 e. The van der Waals surface area contributed by atoms with E-state index in [1.807, 2.05) is 0 Å². The van der Waals surface area contributed by atoms with Gasteiger partial charge in [0.2, 0.25) is 0 Å². The van der Waals surface area contributed by atoms with Gasteiger partial charge in [-0.2, -0.15) is 0 Å². The number of hydrogen-bond acceptors (Lipinski definition) is 2. The topological polar surface area (TPSA) is 29.3 Å². The highest BCUT2D eigenvalue weighted by Crippen LogP contribution is 2.42. The van der Waals surface area contributed by atoms with Crippen molar-refractivity contribution in [2.75, 3.05) is 13.6 Å². The Bertz CT molecular complexity index is 291. The Morgan fingerprint density at radius 2 is 1.74 bits per heavy atom. The average molecular weight is 266 g/mol. The van der Waals surface area contributed by atoms with Crippen molar-refractivity contribution in [1.29, 1.82) is 0 Å². The fourth-order valence-corrected chi connectivity index (χ4v) is 4.77. The number of likely N-dealkylation sites (N-methyl/N-ethyl adjacent to an activating group) is 1. The number of nitrogens with two attached hydrogens (primary N) is 1. The molecule has 2 heteroatoms. The molecule has 0 spiro atoms. The van der Waals surface area contributed by atoms with Crippen LogP contribution in [0.15, 0.2) is 0 Å². The summed E-state index contributed by atoms with van der Waals surface area (Å²) in [5.74, 6) is 2.52. The van der Waals surface area contributed by atoms with E-state index in [1.165, 1.54) is 44.9 Å². The van der Waals surface area contributed by atoms with Gasteiger partial charge in [-0.3, -0.25) is 4.90 Å². The summed E-state index contributed by atoms with van der Waals surface area (Å²) >= 11 is 0. The first-order chi connectivity index (χ1) is 8.99. The standard InChI is InChI=1S/C17H34N2/c1-13-6-5-7-16(11-13)19(4)17(12-18)9-8-14(2)10-15(17)3/h13-16H,5-12,18H2,1-4H3. The van der Waals surface area contributed by atoms with Gasteiger partial charge in [0.1, 0.15) is 0 Å². The van der Waals surface area contributed by atoms with Gasteiger partial charge in [0.25, 0.3) is 0 Å². The molecule has 2 nitrogen and oxygen atoms in total. The van der Waals surface area contributed by atoms with Gasteiger partial charge in [0.05, 0.1) is 0 Å². The summed E-state index contributed by atoms with van der Waals surface area (Å²) in [5.41, 5.74) is 6.55. The second-order valence-electron chi connectivity index (χ2n) is 7.62. The Kier molecular flexibility index (Phi) is 4.94. The zero-order chi connectivity index (χ0) is 14.0. The number of nitrogens with zero attached hydrogens (tertiary/aromatic N) is 1. The first-order valence-corrected chi connectivity index (χ1v) is 8.42. The molecule has 0 heterocycles. The van der Waals surface area contributed by atoms with Crippen molar-refractivity contribution in [2.45, 2.75) is 77.3 Å². The summed E-state index contributed by atoms with van der Waals surface area (Å²) in [6.45, 7) is 8.09. The van der Waals surface area contributed by atoms with Crippen molar-refractivity contribution >= 4 is 0 Å². The first kappa shape index (κ1) is 15.3. The van der Waals surface area contributed by atoms with Crippen LogP contribution in [0, 0.1) is 17.8 Å². The van der Waals surface area contributed by atoms with E-state index in [0.717, 1.165) is 30.3 Å². The van der Waals surface area contributed by atoms with Crippen LogP contribution in [-0.2, 0) is 0 Å². The van der Waals surface area contributed by atoms with Crippen LogP contribution in [0.3, 0.4) is 0 Å². The molecular weight excluding hydrogens is 232 g/mol. The molecule has 112 valence electrons. The van der Waals surface area contributed by atoms with E-state index in [1.54, 1.807) is 0 Å². The summed E-state index contributed by atoms with van der Waals surface area (Å²) in [5, 5.41) is 0. The molecule has 0 aromatic carbocycles. The third-order valence-electron chi connectivity index (χ3n) is 6.26. The molecule has 19 heavy (non-hydrogen) atoms. The molecule has 2 rings (SSSR count). The Hall–Kier alpha value is -0.0800. The van der Waals surface area contributed by atoms with Gasteiger partial charge in [0, 0.05) is 18.1 Å². The highest BCUT2D eigenvalue weighted by molar-refractivity contribution is 5.01. The van der Waals surface area contributed by atoms with Crippen LogP contribution < -0.4 is 5.73 Å². The van der Waals surface area contributed by atoms with E-state index in [2.05, 4.69) is 32.7 Å². The van der Waals surface area contributed by atoms with Crippen LogP contribution in [0.2, 0.25) is 0 Å². The minimum atomic E-state index is 0.272. The first-order valence-electron chi connectivity index (χ1n) is 8.42. The summed E-state index contributed by atoms with van der Waals surface area (Å²) in [7, 11) is 2.36. The van der Waals surface area contributed by atoms with Crippen LogP contribution in [0.25, 0.3) is 0 Å². The maximum atomic E-state index is 6.27. The lowest BCUT2D eigenvalue weighted by molar-refractivity contribution is -0.0245. The van der Waals surface area contributed by atoms with E-state index >= 15 is 0 Å². The van der Waals surface area contributed by atoms with Crippen molar-refractivity contribution in [1.82, 2.24) is 4.90 Å². The third-order valence-corrected chi connectivity index (χ3v) is 6.26. The molecular formula is C17H34N2. The maximum Gasteiger partial charge on any atom is 0.0357 e. The van der Waals surface area contributed by atoms with Crippen molar-refractivity contribution in [3.63, 3.8) is 0 Å². The molecule has 0 aliphatic heterocycles. The Balaban J connectivity index is 2.11. The van der Waals surface area contributed by atoms with Gasteiger partial charge in [-0.15, -0.1) is 0 Å². The molecule has 2 aliphatic carbocycles. The van der Waals surface area contributed by atoms with Gasteiger partial charge in [-0.25, -0.2) is 0 Å². The van der Waals surface area contributed by atoms with Crippen LogP contribution in [0.5, 0.6) is 0 Å². The minimum absolute atomic E-state index is 0.272. The highest BCUT2D eigenvalue weighted by atomic mass is 15.2. The molecule has 0 aromatic rings. The Morgan fingerprint density at radius 1 is 1.05 bits per heavy atom. The third kappa shape index (κ3) is 3.00. The Labute approximate surface area is 120 Å². The lowest BCUT2D eigenvalue weighted by atomic mass is 9.68. The molecule has 0 aromatic heterocycles. The highest BCUT2D eigenvalue weighted by Gasteiger charge is 2.44. The fourth-order valence-electron chi connectivity index (χ4n) is 4.77. The second-order valence-corrected chi connectivity index (χ2v) is 7.62. The van der Waals surface area contributed by atoms with Gasteiger partial charge >= 0.3 is 0 Å². The monoisotopic (exact) mass is 266 g/mol. The van der Waals surface area contributed by atoms with E-state index < -0.39 is 0 Å². The number of rotatable bonds is 3. The van der Waals surface area contributed by atoms with Crippen molar-refractivity contribution < 1.29 is 0 Å². The molecule has 5 atom stereocenters. The molecule has 5 unspecified atom stereocenters. The normalized spacial score (nSPS) is 44.5. The van der Waals surface area contributed by atoms with Gasteiger partial charge in [-0.1, -0.05) is 33.6 Å². The molecule has 0 amide bonds. The maximum absolute atomic E-state index is 6.27. The largest absolute Gasteiger partial charge is 0.329 e. The quantitative estimate of drug-likeness (QED) is 0.845. The zero-order valence-electron chi connectivity index (χ0n) is 13.5. The fraction of sp³-hybridized carbons (Fsp3) is 1.00. The summed E-state index contributed by atoms with van der Waals surface area (Å²) in [4.78, 5) is 2.71. The average Bonchev–Trinajstić information content (AvgIpc) is 2.39. The summed E-state index contributed by atoms with van der Waals surface area (Å²) in [6, 6.07) is 0.767. The van der Waals surface area contributed by atoms with E-state index in [4.69, 9.17) is 5.73 Å². The van der Waals surface area contributed by atoms with E-state index in [-0.39, 0.29) is 5.54 Å². The summed E-state index contributed by atoms with van der Waals surface area (Å²) < 4.78 is 0. The van der Waals surface area contributed by atoms with Crippen LogP contribution in [0.1, 0.15) is 65.7 Å².